The number of aromatic hydroxyl groups is 1. The van der Waals surface area contributed by atoms with Crippen molar-refractivity contribution in [1.29, 1.82) is 0 Å². The third-order valence-corrected chi connectivity index (χ3v) is 5.99. The van der Waals surface area contributed by atoms with Crippen LogP contribution in [0, 0.1) is 0 Å². The Kier molecular flexibility index (Phi) is 4.50. The molecule has 0 spiro atoms. The van der Waals surface area contributed by atoms with Crippen LogP contribution in [0.3, 0.4) is 0 Å². The molecule has 0 saturated carbocycles. The SMILES string of the molecule is COC(=O)c1c(O)c2ccc(N3CCC(c4ccccc4)CC3)cc2c2ncnn12. The summed E-state index contributed by atoms with van der Waals surface area (Å²) < 4.78 is 6.16. The molecule has 1 aliphatic rings. The summed E-state index contributed by atoms with van der Waals surface area (Å²) in [6.07, 6.45) is 3.56. The van der Waals surface area contributed by atoms with E-state index in [-0.39, 0.29) is 11.4 Å². The molecule has 3 heterocycles. The fourth-order valence-electron chi connectivity index (χ4n) is 4.41. The first-order valence-electron chi connectivity index (χ1n) is 10.0. The zero-order chi connectivity index (χ0) is 20.7. The smallest absolute Gasteiger partial charge is 0.360 e. The van der Waals surface area contributed by atoms with Gasteiger partial charge in [-0.25, -0.2) is 14.3 Å². The summed E-state index contributed by atoms with van der Waals surface area (Å²) >= 11 is 0. The second-order valence-electron chi connectivity index (χ2n) is 7.59. The highest BCUT2D eigenvalue weighted by molar-refractivity contribution is 6.06. The molecule has 30 heavy (non-hydrogen) atoms. The van der Waals surface area contributed by atoms with Gasteiger partial charge in [0.2, 0.25) is 0 Å². The molecule has 0 radical (unpaired) electrons. The number of carbonyl (C=O) groups excluding carboxylic acids is 1. The van der Waals surface area contributed by atoms with E-state index < -0.39 is 5.97 Å². The van der Waals surface area contributed by atoms with Crippen molar-refractivity contribution >= 4 is 28.1 Å². The lowest BCUT2D eigenvalue weighted by atomic mass is 9.89. The van der Waals surface area contributed by atoms with E-state index in [0.717, 1.165) is 37.0 Å². The highest BCUT2D eigenvalue weighted by Gasteiger charge is 2.24. The first-order chi connectivity index (χ1) is 14.7. The molecule has 1 N–H and O–H groups in total. The largest absolute Gasteiger partial charge is 0.505 e. The summed E-state index contributed by atoms with van der Waals surface area (Å²) in [4.78, 5) is 18.8. The maximum absolute atomic E-state index is 12.2. The second-order valence-corrected chi connectivity index (χ2v) is 7.59. The molecule has 1 saturated heterocycles. The molecule has 152 valence electrons. The Labute approximate surface area is 173 Å². The topological polar surface area (TPSA) is 80.0 Å². The number of benzene rings is 2. The highest BCUT2D eigenvalue weighted by Crippen LogP contribution is 2.36. The van der Waals surface area contributed by atoms with Crippen LogP contribution in [0.1, 0.15) is 34.8 Å². The second kappa shape index (κ2) is 7.33. The van der Waals surface area contributed by atoms with Crippen molar-refractivity contribution in [2.24, 2.45) is 0 Å². The maximum Gasteiger partial charge on any atom is 0.360 e. The van der Waals surface area contributed by atoms with Crippen LogP contribution < -0.4 is 4.90 Å². The number of fused-ring (bicyclic) bond motifs is 3. The standard InChI is InChI=1S/C23H22N4O3/c1-30-23(29)20-21(28)18-8-7-17(13-19(18)22-24-14-25-27(20)22)26-11-9-16(10-12-26)15-5-3-2-4-6-15/h2-8,13-14,16,28H,9-12H2,1H3. The minimum Gasteiger partial charge on any atom is -0.505 e. The molecule has 2 aromatic carbocycles. The number of piperidine rings is 1. The van der Waals surface area contributed by atoms with Gasteiger partial charge in [-0.1, -0.05) is 30.3 Å². The van der Waals surface area contributed by atoms with E-state index in [2.05, 4.69) is 45.3 Å². The molecule has 0 amide bonds. The monoisotopic (exact) mass is 402 g/mol. The van der Waals surface area contributed by atoms with Gasteiger partial charge < -0.3 is 14.7 Å². The predicted octanol–water partition coefficient (Wildman–Crippen LogP) is 3.76. The van der Waals surface area contributed by atoms with Crippen LogP contribution in [0.2, 0.25) is 0 Å². The van der Waals surface area contributed by atoms with Gasteiger partial charge in [0.05, 0.1) is 7.11 Å². The van der Waals surface area contributed by atoms with Gasteiger partial charge in [0.1, 0.15) is 6.33 Å². The molecule has 2 aromatic heterocycles. The molecule has 0 atom stereocenters. The molecule has 7 heteroatoms. The Morgan fingerprint density at radius 2 is 1.87 bits per heavy atom. The number of hydrogen-bond donors (Lipinski definition) is 1. The van der Waals surface area contributed by atoms with E-state index in [4.69, 9.17) is 4.74 Å². The van der Waals surface area contributed by atoms with Crippen molar-refractivity contribution in [3.8, 4) is 5.75 Å². The van der Waals surface area contributed by atoms with E-state index >= 15 is 0 Å². The van der Waals surface area contributed by atoms with E-state index in [0.29, 0.717) is 17.0 Å². The van der Waals surface area contributed by atoms with Crippen LogP contribution in [0.4, 0.5) is 5.69 Å². The number of hydrogen-bond acceptors (Lipinski definition) is 6. The fraction of sp³-hybridized carbons (Fsp3) is 0.261. The molecule has 1 fully saturated rings. The Hall–Kier alpha value is -3.61. The van der Waals surface area contributed by atoms with Gasteiger partial charge in [0.25, 0.3) is 0 Å². The number of esters is 1. The summed E-state index contributed by atoms with van der Waals surface area (Å²) in [6, 6.07) is 16.5. The number of carbonyl (C=O) groups is 1. The van der Waals surface area contributed by atoms with Crippen LogP contribution >= 0.6 is 0 Å². The van der Waals surface area contributed by atoms with Gasteiger partial charge in [-0.2, -0.15) is 5.10 Å². The van der Waals surface area contributed by atoms with Crippen LogP contribution in [-0.4, -0.2) is 45.9 Å². The molecule has 0 unspecified atom stereocenters. The van der Waals surface area contributed by atoms with Crippen molar-refractivity contribution in [1.82, 2.24) is 14.6 Å². The number of aromatic nitrogens is 3. The number of pyridine rings is 1. The number of ether oxygens (including phenoxy) is 1. The van der Waals surface area contributed by atoms with E-state index in [1.54, 1.807) is 0 Å². The van der Waals surface area contributed by atoms with Crippen molar-refractivity contribution in [3.05, 3.63) is 66.1 Å². The van der Waals surface area contributed by atoms with Crippen molar-refractivity contribution in [2.45, 2.75) is 18.8 Å². The van der Waals surface area contributed by atoms with Gasteiger partial charge >= 0.3 is 5.97 Å². The first-order valence-corrected chi connectivity index (χ1v) is 10.0. The lowest BCUT2D eigenvalue weighted by Crippen LogP contribution is -2.32. The maximum atomic E-state index is 12.2. The van der Waals surface area contributed by atoms with Gasteiger partial charge in [-0.3, -0.25) is 0 Å². The highest BCUT2D eigenvalue weighted by atomic mass is 16.5. The zero-order valence-electron chi connectivity index (χ0n) is 16.7. The minimum atomic E-state index is -0.656. The minimum absolute atomic E-state index is 0.0195. The van der Waals surface area contributed by atoms with E-state index in [9.17, 15) is 9.90 Å². The van der Waals surface area contributed by atoms with Gasteiger partial charge in [0, 0.05) is 29.5 Å². The Morgan fingerprint density at radius 3 is 2.60 bits per heavy atom. The summed E-state index contributed by atoms with van der Waals surface area (Å²) in [6.45, 7) is 1.92. The van der Waals surface area contributed by atoms with Crippen LogP contribution in [-0.2, 0) is 4.74 Å². The third-order valence-electron chi connectivity index (χ3n) is 5.99. The Morgan fingerprint density at radius 1 is 1.10 bits per heavy atom. The van der Waals surface area contributed by atoms with Gasteiger partial charge in [-0.15, -0.1) is 0 Å². The average Bonchev–Trinajstić information content (AvgIpc) is 3.29. The Bertz CT molecular complexity index is 1230. The van der Waals surface area contributed by atoms with E-state index in [1.165, 1.54) is 23.5 Å². The van der Waals surface area contributed by atoms with Crippen molar-refractivity contribution in [2.75, 3.05) is 25.1 Å². The normalized spacial score (nSPS) is 15.0. The number of methoxy groups -OCH3 is 1. The predicted molar refractivity (Wildman–Crippen MR) is 114 cm³/mol. The first kappa shape index (κ1) is 18.4. The molecule has 0 bridgehead atoms. The summed E-state index contributed by atoms with van der Waals surface area (Å²) in [5.41, 5.74) is 2.98. The van der Waals surface area contributed by atoms with Crippen LogP contribution in [0.25, 0.3) is 16.4 Å². The zero-order valence-corrected chi connectivity index (χ0v) is 16.7. The molecule has 5 rings (SSSR count). The van der Waals surface area contributed by atoms with Crippen molar-refractivity contribution in [3.63, 3.8) is 0 Å². The average molecular weight is 402 g/mol. The number of anilines is 1. The van der Waals surface area contributed by atoms with Crippen LogP contribution in [0.5, 0.6) is 5.75 Å². The van der Waals surface area contributed by atoms with E-state index in [1.807, 2.05) is 18.2 Å². The fourth-order valence-corrected chi connectivity index (χ4v) is 4.41. The van der Waals surface area contributed by atoms with Crippen molar-refractivity contribution < 1.29 is 14.6 Å². The number of rotatable bonds is 3. The van der Waals surface area contributed by atoms with Crippen LogP contribution in [0.15, 0.2) is 54.9 Å². The lowest BCUT2D eigenvalue weighted by molar-refractivity contribution is 0.0587. The molecular weight excluding hydrogens is 380 g/mol. The summed E-state index contributed by atoms with van der Waals surface area (Å²) in [7, 11) is 1.27. The quantitative estimate of drug-likeness (QED) is 0.526. The molecular formula is C23H22N4O3. The summed E-state index contributed by atoms with van der Waals surface area (Å²) in [5.74, 6) is -0.223. The summed E-state index contributed by atoms with van der Waals surface area (Å²) in [5, 5.41) is 16.1. The third kappa shape index (κ3) is 2.94. The van der Waals surface area contributed by atoms with Gasteiger partial charge in [-0.05, 0) is 42.5 Å². The van der Waals surface area contributed by atoms with Gasteiger partial charge in [0.15, 0.2) is 17.1 Å². The molecule has 7 nitrogen and oxygen atoms in total. The Balaban J connectivity index is 1.50. The lowest BCUT2D eigenvalue weighted by Gasteiger charge is -2.34. The molecule has 0 aliphatic carbocycles. The molecule has 4 aromatic rings. The number of nitrogens with zero attached hydrogens (tertiary/aromatic N) is 4. The molecule has 1 aliphatic heterocycles.